The van der Waals surface area contributed by atoms with Crippen LogP contribution in [0, 0.1) is 0 Å². The van der Waals surface area contributed by atoms with E-state index in [1.54, 1.807) is 6.92 Å². The number of nitrogens with two attached hydrogens (primary N) is 1. The van der Waals surface area contributed by atoms with Gasteiger partial charge in [-0.1, -0.05) is 0 Å². The molecule has 1 aromatic carbocycles. The van der Waals surface area contributed by atoms with Crippen molar-refractivity contribution in [3.05, 3.63) is 23.8 Å². The highest BCUT2D eigenvalue weighted by molar-refractivity contribution is 5.70. The molecule has 0 fully saturated rings. The van der Waals surface area contributed by atoms with Gasteiger partial charge in [0.2, 0.25) is 0 Å². The first-order valence-electron chi connectivity index (χ1n) is 3.90. The van der Waals surface area contributed by atoms with E-state index in [1.165, 1.54) is 12.3 Å². The van der Waals surface area contributed by atoms with Gasteiger partial charge in [-0.05, 0) is 25.1 Å². The molecule has 0 radical (unpaired) electrons. The predicted octanol–water partition coefficient (Wildman–Crippen LogP) is 3.01. The van der Waals surface area contributed by atoms with Crippen molar-refractivity contribution >= 4 is 17.6 Å². The third-order valence-corrected chi connectivity index (χ3v) is 1.63. The van der Waals surface area contributed by atoms with E-state index in [1.807, 2.05) is 0 Å². The van der Waals surface area contributed by atoms with Crippen LogP contribution >= 0.6 is 0 Å². The van der Waals surface area contributed by atoms with Crippen molar-refractivity contribution in [1.82, 2.24) is 0 Å². The highest BCUT2D eigenvalue weighted by Crippen LogP contribution is 2.33. The number of aliphatic imine (C=N–C) groups is 1. The number of rotatable bonds is 1. The number of hydrogen-bond donors (Lipinski definition) is 1. The third-order valence-electron chi connectivity index (χ3n) is 1.63. The van der Waals surface area contributed by atoms with Crippen molar-refractivity contribution in [1.29, 1.82) is 0 Å². The van der Waals surface area contributed by atoms with Crippen LogP contribution in [0.1, 0.15) is 12.5 Å². The van der Waals surface area contributed by atoms with Crippen LogP contribution < -0.4 is 5.73 Å². The van der Waals surface area contributed by atoms with Gasteiger partial charge < -0.3 is 5.73 Å². The number of anilines is 1. The molecule has 2 nitrogen and oxygen atoms in total. The molecule has 76 valence electrons. The lowest BCUT2D eigenvalue weighted by Gasteiger charge is -2.08. The van der Waals surface area contributed by atoms with E-state index in [9.17, 15) is 13.2 Å². The Labute approximate surface area is 79.3 Å². The van der Waals surface area contributed by atoms with E-state index in [4.69, 9.17) is 5.73 Å². The van der Waals surface area contributed by atoms with Crippen LogP contribution in [-0.2, 0) is 6.18 Å². The molecule has 0 spiro atoms. The molecule has 5 heteroatoms. The number of nitrogen functional groups attached to an aromatic ring is 1. The van der Waals surface area contributed by atoms with Gasteiger partial charge in [0.15, 0.2) is 0 Å². The van der Waals surface area contributed by atoms with Gasteiger partial charge >= 0.3 is 6.18 Å². The minimum atomic E-state index is -4.36. The number of benzene rings is 1. The van der Waals surface area contributed by atoms with Gasteiger partial charge in [-0.25, -0.2) is 0 Å². The highest BCUT2D eigenvalue weighted by atomic mass is 19.4. The second-order valence-electron chi connectivity index (χ2n) is 2.66. The fourth-order valence-electron chi connectivity index (χ4n) is 0.971. The fraction of sp³-hybridized carbons (Fsp3) is 0.222. The molecule has 0 atom stereocenters. The summed E-state index contributed by atoms with van der Waals surface area (Å²) in [5.74, 6) is 0. The maximum Gasteiger partial charge on any atom is 0.416 e. The van der Waals surface area contributed by atoms with Crippen LogP contribution in [0.5, 0.6) is 0 Å². The van der Waals surface area contributed by atoms with Crippen LogP contribution in [0.15, 0.2) is 23.2 Å². The molecule has 1 aromatic rings. The Morgan fingerprint density at radius 3 is 2.50 bits per heavy atom. The van der Waals surface area contributed by atoms with Gasteiger partial charge in [0.25, 0.3) is 0 Å². The summed E-state index contributed by atoms with van der Waals surface area (Å²) in [5, 5.41) is 0. The number of halogens is 3. The summed E-state index contributed by atoms with van der Waals surface area (Å²) in [6, 6.07) is 3.06. The Morgan fingerprint density at radius 2 is 2.00 bits per heavy atom. The second-order valence-corrected chi connectivity index (χ2v) is 2.66. The second kappa shape index (κ2) is 3.69. The van der Waals surface area contributed by atoms with Gasteiger partial charge in [-0.2, -0.15) is 13.2 Å². The van der Waals surface area contributed by atoms with Crippen molar-refractivity contribution in [3.63, 3.8) is 0 Å². The van der Waals surface area contributed by atoms with E-state index in [0.717, 1.165) is 12.1 Å². The van der Waals surface area contributed by atoms with E-state index >= 15 is 0 Å². The first-order valence-corrected chi connectivity index (χ1v) is 3.90. The van der Waals surface area contributed by atoms with Gasteiger partial charge in [0, 0.05) is 6.21 Å². The van der Waals surface area contributed by atoms with Crippen molar-refractivity contribution in [2.75, 3.05) is 5.73 Å². The lowest BCUT2D eigenvalue weighted by molar-refractivity contribution is -0.137. The lowest BCUT2D eigenvalue weighted by atomic mass is 10.1. The van der Waals surface area contributed by atoms with Crippen LogP contribution in [0.2, 0.25) is 0 Å². The van der Waals surface area contributed by atoms with E-state index in [2.05, 4.69) is 4.99 Å². The van der Waals surface area contributed by atoms with E-state index in [0.29, 0.717) is 0 Å². The quantitative estimate of drug-likeness (QED) is 0.551. The van der Waals surface area contributed by atoms with Crippen LogP contribution in [0.4, 0.5) is 24.5 Å². The summed E-state index contributed by atoms with van der Waals surface area (Å²) in [6.07, 6.45) is -2.96. The van der Waals surface area contributed by atoms with Crippen molar-refractivity contribution in [2.24, 2.45) is 4.99 Å². The predicted molar refractivity (Wildman–Crippen MR) is 49.7 cm³/mol. The van der Waals surface area contributed by atoms with Gasteiger partial charge in [0.1, 0.15) is 0 Å². The summed E-state index contributed by atoms with van der Waals surface area (Å²) in [4.78, 5) is 3.73. The molecule has 0 aliphatic rings. The molecule has 1 rings (SSSR count). The monoisotopic (exact) mass is 202 g/mol. The van der Waals surface area contributed by atoms with Crippen LogP contribution in [0.3, 0.4) is 0 Å². The Balaban J connectivity index is 3.19. The zero-order valence-electron chi connectivity index (χ0n) is 7.47. The minimum Gasteiger partial charge on any atom is -0.397 e. The zero-order valence-corrected chi connectivity index (χ0v) is 7.47. The Kier molecular flexibility index (Phi) is 2.78. The molecule has 0 bridgehead atoms. The molecule has 0 heterocycles. The summed E-state index contributed by atoms with van der Waals surface area (Å²) in [7, 11) is 0. The molecule has 0 saturated carbocycles. The Morgan fingerprint density at radius 1 is 1.36 bits per heavy atom. The zero-order chi connectivity index (χ0) is 10.8. The summed E-state index contributed by atoms with van der Waals surface area (Å²) >= 11 is 0. The number of hydrogen-bond acceptors (Lipinski definition) is 2. The Bertz CT molecular complexity index is 356. The molecule has 2 N–H and O–H groups in total. The fourth-order valence-corrected chi connectivity index (χ4v) is 0.971. The third kappa shape index (κ3) is 2.25. The van der Waals surface area contributed by atoms with Gasteiger partial charge in [0.05, 0.1) is 16.9 Å². The molecular formula is C9H9F3N2. The molecule has 0 amide bonds. The van der Waals surface area contributed by atoms with Crippen LogP contribution in [-0.4, -0.2) is 6.21 Å². The van der Waals surface area contributed by atoms with Crippen molar-refractivity contribution in [3.8, 4) is 0 Å². The average molecular weight is 202 g/mol. The summed E-state index contributed by atoms with van der Waals surface area (Å²) in [5.41, 5.74) is 5.07. The topological polar surface area (TPSA) is 38.4 Å². The van der Waals surface area contributed by atoms with Crippen molar-refractivity contribution in [2.45, 2.75) is 13.1 Å². The SMILES string of the molecule is CC=Nc1cc(C(F)(F)F)ccc1N. The molecule has 14 heavy (non-hydrogen) atoms. The van der Waals surface area contributed by atoms with E-state index in [-0.39, 0.29) is 11.4 Å². The number of alkyl halides is 3. The van der Waals surface area contributed by atoms with Gasteiger partial charge in [-0.3, -0.25) is 4.99 Å². The normalized spacial score (nSPS) is 12.3. The summed E-state index contributed by atoms with van der Waals surface area (Å²) < 4.78 is 36.7. The average Bonchev–Trinajstić information content (AvgIpc) is 2.07. The number of nitrogens with zero attached hydrogens (tertiary/aromatic N) is 1. The van der Waals surface area contributed by atoms with Crippen molar-refractivity contribution < 1.29 is 13.2 Å². The molecule has 0 saturated heterocycles. The molecule has 0 aliphatic heterocycles. The Hall–Kier alpha value is -1.52. The molecule has 0 aliphatic carbocycles. The molecule has 0 unspecified atom stereocenters. The maximum atomic E-state index is 12.2. The largest absolute Gasteiger partial charge is 0.416 e. The molecule has 0 aromatic heterocycles. The summed E-state index contributed by atoms with van der Waals surface area (Å²) in [6.45, 7) is 1.61. The standard InChI is InChI=1S/C9H9F3N2/c1-2-14-8-5-6(9(10,11)12)3-4-7(8)13/h2-5H,13H2,1H3. The van der Waals surface area contributed by atoms with E-state index < -0.39 is 11.7 Å². The minimum absolute atomic E-state index is 0.141. The van der Waals surface area contributed by atoms with Gasteiger partial charge in [-0.15, -0.1) is 0 Å². The lowest BCUT2D eigenvalue weighted by Crippen LogP contribution is -2.04. The first-order chi connectivity index (χ1) is 6.45. The van der Waals surface area contributed by atoms with Crippen LogP contribution in [0.25, 0.3) is 0 Å². The highest BCUT2D eigenvalue weighted by Gasteiger charge is 2.30. The molecular weight excluding hydrogens is 193 g/mol. The first kappa shape index (κ1) is 10.6. The maximum absolute atomic E-state index is 12.2. The smallest absolute Gasteiger partial charge is 0.397 e.